The number of carboxylic acids is 1. The topological polar surface area (TPSA) is 80.7 Å². The summed E-state index contributed by atoms with van der Waals surface area (Å²) in [6.45, 7) is 5.03. The van der Waals surface area contributed by atoms with Crippen LogP contribution in [0.15, 0.2) is 24.3 Å². The molecule has 0 fully saturated rings. The summed E-state index contributed by atoms with van der Waals surface area (Å²) < 4.78 is 17.1. The Morgan fingerprint density at radius 2 is 1.75 bits per heavy atom. The van der Waals surface area contributed by atoms with E-state index in [1.54, 1.807) is 32.9 Å². The Balaban J connectivity index is 2.65. The first-order valence-corrected chi connectivity index (χ1v) is 7.59. The molecule has 0 aliphatic rings. The third kappa shape index (κ3) is 4.77. The molecule has 1 rings (SSSR count). The van der Waals surface area contributed by atoms with E-state index in [1.165, 1.54) is 12.1 Å². The molecule has 0 saturated heterocycles. The monoisotopic (exact) mass is 298 g/mol. The number of benzene rings is 1. The minimum atomic E-state index is -1.40. The normalized spacial score (nSPS) is 13.8. The molecule has 0 aromatic heterocycles. The van der Waals surface area contributed by atoms with E-state index in [1.807, 2.05) is 0 Å². The predicted molar refractivity (Wildman–Crippen MR) is 75.9 cm³/mol. The molecule has 0 spiro atoms. The number of rotatable bonds is 6. The lowest BCUT2D eigenvalue weighted by Gasteiger charge is -2.13. The van der Waals surface area contributed by atoms with Crippen molar-refractivity contribution in [2.75, 3.05) is 0 Å². The minimum Gasteiger partial charge on any atom is -0.478 e. The van der Waals surface area contributed by atoms with Gasteiger partial charge in [-0.2, -0.15) is 0 Å². The van der Waals surface area contributed by atoms with Crippen LogP contribution >= 0.6 is 0 Å². The molecule has 1 N–H and O–H groups in total. The number of carbonyl (C=O) groups is 2. The Morgan fingerprint density at radius 3 is 2.20 bits per heavy atom. The maximum atomic E-state index is 12.0. The van der Waals surface area contributed by atoms with Gasteiger partial charge in [-0.25, -0.2) is 4.79 Å². The second-order valence-electron chi connectivity index (χ2n) is 4.66. The van der Waals surface area contributed by atoms with Crippen LogP contribution < -0.4 is 0 Å². The van der Waals surface area contributed by atoms with Gasteiger partial charge in [0, 0.05) is 16.6 Å². The van der Waals surface area contributed by atoms with Crippen molar-refractivity contribution < 1.29 is 23.6 Å². The molecule has 5 nitrogen and oxygen atoms in total. The van der Waals surface area contributed by atoms with Crippen molar-refractivity contribution in [1.29, 1.82) is 0 Å². The third-order valence-corrected chi connectivity index (χ3v) is 4.19. The van der Waals surface area contributed by atoms with Crippen molar-refractivity contribution in [2.24, 2.45) is 0 Å². The fraction of sp³-hybridized carbons (Fsp3) is 0.429. The molecule has 0 aliphatic heterocycles. The highest BCUT2D eigenvalue weighted by molar-refractivity contribution is 7.85. The molecule has 20 heavy (non-hydrogen) atoms. The van der Waals surface area contributed by atoms with Crippen LogP contribution in [-0.2, 0) is 26.1 Å². The molecule has 6 heteroatoms. The van der Waals surface area contributed by atoms with Crippen molar-refractivity contribution in [2.45, 2.75) is 37.9 Å². The van der Waals surface area contributed by atoms with Gasteiger partial charge >= 0.3 is 11.9 Å². The molecule has 2 atom stereocenters. The number of hydrogen-bond donors (Lipinski definition) is 1. The molecule has 0 heterocycles. The van der Waals surface area contributed by atoms with Gasteiger partial charge in [0.25, 0.3) is 0 Å². The van der Waals surface area contributed by atoms with Gasteiger partial charge in [0.15, 0.2) is 0 Å². The minimum absolute atomic E-state index is 0.173. The molecule has 0 amide bonds. The van der Waals surface area contributed by atoms with Gasteiger partial charge in [-0.1, -0.05) is 12.1 Å². The van der Waals surface area contributed by atoms with Gasteiger partial charge in [-0.3, -0.25) is 9.00 Å². The number of ether oxygens (including phenoxy) is 1. The summed E-state index contributed by atoms with van der Waals surface area (Å²) in [7, 11) is -1.40. The summed E-state index contributed by atoms with van der Waals surface area (Å²) in [4.78, 5) is 22.3. The van der Waals surface area contributed by atoms with Crippen LogP contribution in [0.25, 0.3) is 0 Å². The molecule has 0 radical (unpaired) electrons. The number of carboxylic acid groups (broad SMARTS) is 1. The first kappa shape index (κ1) is 16.4. The summed E-state index contributed by atoms with van der Waals surface area (Å²) in [5, 5.41) is 8.07. The maximum Gasteiger partial charge on any atom is 0.335 e. The third-order valence-electron chi connectivity index (χ3n) is 2.59. The van der Waals surface area contributed by atoms with E-state index in [2.05, 4.69) is 0 Å². The Labute approximate surface area is 120 Å². The van der Waals surface area contributed by atoms with Crippen molar-refractivity contribution >= 4 is 22.7 Å². The fourth-order valence-electron chi connectivity index (χ4n) is 1.47. The lowest BCUT2D eigenvalue weighted by atomic mass is 10.1. The largest absolute Gasteiger partial charge is 0.478 e. The van der Waals surface area contributed by atoms with Crippen LogP contribution in [0.2, 0.25) is 0 Å². The molecule has 2 unspecified atom stereocenters. The van der Waals surface area contributed by atoms with Crippen LogP contribution in [0.1, 0.15) is 36.7 Å². The second-order valence-corrected chi connectivity index (χ2v) is 6.41. The van der Waals surface area contributed by atoms with E-state index in [9.17, 15) is 13.8 Å². The fourth-order valence-corrected chi connectivity index (χ4v) is 2.51. The van der Waals surface area contributed by atoms with Gasteiger partial charge < -0.3 is 9.84 Å². The standard InChI is InChI=1S/C14H18O5S/c1-9(2)19-14(17)10(3)20(18)8-11-4-6-12(7-5-11)13(15)16/h4-7,9-10H,8H2,1-3H3,(H,15,16). The first-order chi connectivity index (χ1) is 9.31. The smallest absolute Gasteiger partial charge is 0.335 e. The summed E-state index contributed by atoms with van der Waals surface area (Å²) >= 11 is 0. The molecule has 0 saturated carbocycles. The molecule has 0 bridgehead atoms. The number of aromatic carboxylic acids is 1. The van der Waals surface area contributed by atoms with Crippen molar-refractivity contribution in [3.05, 3.63) is 35.4 Å². The van der Waals surface area contributed by atoms with Crippen molar-refractivity contribution in [1.82, 2.24) is 0 Å². The lowest BCUT2D eigenvalue weighted by Crippen LogP contribution is -2.28. The molecule has 110 valence electrons. The average Bonchev–Trinajstić information content (AvgIpc) is 2.37. The second kappa shape index (κ2) is 7.19. The highest BCUT2D eigenvalue weighted by Gasteiger charge is 2.22. The van der Waals surface area contributed by atoms with Crippen LogP contribution in [0.4, 0.5) is 0 Å². The van der Waals surface area contributed by atoms with E-state index in [0.717, 1.165) is 5.56 Å². The highest BCUT2D eigenvalue weighted by Crippen LogP contribution is 2.11. The molecule has 1 aromatic rings. The van der Waals surface area contributed by atoms with Gasteiger partial charge in [-0.05, 0) is 38.5 Å². The van der Waals surface area contributed by atoms with Gasteiger partial charge in [0.2, 0.25) is 0 Å². The van der Waals surface area contributed by atoms with Crippen LogP contribution in [0.5, 0.6) is 0 Å². The SMILES string of the molecule is CC(C)OC(=O)C(C)S(=O)Cc1ccc(C(=O)O)cc1. The molecule has 1 aromatic carbocycles. The summed E-state index contributed by atoms with van der Waals surface area (Å²) in [5.41, 5.74) is 0.893. The predicted octanol–water partition coefficient (Wildman–Crippen LogP) is 1.97. The van der Waals surface area contributed by atoms with E-state index in [0.29, 0.717) is 0 Å². The first-order valence-electron chi connectivity index (χ1n) is 6.21. The van der Waals surface area contributed by atoms with E-state index < -0.39 is 28.0 Å². The van der Waals surface area contributed by atoms with Crippen molar-refractivity contribution in [3.8, 4) is 0 Å². The Morgan fingerprint density at radius 1 is 1.20 bits per heavy atom. The van der Waals surface area contributed by atoms with E-state index >= 15 is 0 Å². The van der Waals surface area contributed by atoms with Crippen LogP contribution in [0.3, 0.4) is 0 Å². The molecule has 0 aliphatic carbocycles. The summed E-state index contributed by atoms with van der Waals surface area (Å²) in [6.07, 6.45) is -0.239. The zero-order chi connectivity index (χ0) is 15.3. The number of carbonyl (C=O) groups excluding carboxylic acids is 1. The lowest BCUT2D eigenvalue weighted by molar-refractivity contribution is -0.146. The van der Waals surface area contributed by atoms with Crippen LogP contribution in [-0.4, -0.2) is 32.6 Å². The van der Waals surface area contributed by atoms with Crippen LogP contribution in [0, 0.1) is 0 Å². The molecular weight excluding hydrogens is 280 g/mol. The van der Waals surface area contributed by atoms with Gasteiger partial charge in [-0.15, -0.1) is 0 Å². The number of esters is 1. The molecular formula is C14H18O5S. The summed E-state index contributed by atoms with van der Waals surface area (Å²) in [6, 6.07) is 6.10. The Kier molecular flexibility index (Phi) is 5.88. The Bertz CT molecular complexity index is 507. The van der Waals surface area contributed by atoms with Gasteiger partial charge in [0.1, 0.15) is 5.25 Å². The van der Waals surface area contributed by atoms with Gasteiger partial charge in [0.05, 0.1) is 11.7 Å². The average molecular weight is 298 g/mol. The summed E-state index contributed by atoms with van der Waals surface area (Å²) in [5.74, 6) is -1.30. The van der Waals surface area contributed by atoms with E-state index in [4.69, 9.17) is 9.84 Å². The quantitative estimate of drug-likeness (QED) is 0.812. The Hall–Kier alpha value is -1.69. The maximum absolute atomic E-state index is 12.0. The zero-order valence-corrected chi connectivity index (χ0v) is 12.5. The zero-order valence-electron chi connectivity index (χ0n) is 11.7. The van der Waals surface area contributed by atoms with Crippen molar-refractivity contribution in [3.63, 3.8) is 0 Å². The number of hydrogen-bond acceptors (Lipinski definition) is 4. The highest BCUT2D eigenvalue weighted by atomic mass is 32.2. The van der Waals surface area contributed by atoms with E-state index in [-0.39, 0.29) is 17.4 Å².